The van der Waals surface area contributed by atoms with E-state index in [4.69, 9.17) is 0 Å². The van der Waals surface area contributed by atoms with Gasteiger partial charge in [-0.1, -0.05) is 18.2 Å². The van der Waals surface area contributed by atoms with Crippen LogP contribution in [-0.4, -0.2) is 68.1 Å². The normalized spacial score (nSPS) is 17.9. The van der Waals surface area contributed by atoms with E-state index in [1.165, 1.54) is 27.0 Å². The molecule has 7 nitrogen and oxygen atoms in total. The van der Waals surface area contributed by atoms with Crippen molar-refractivity contribution in [3.63, 3.8) is 0 Å². The van der Waals surface area contributed by atoms with Crippen LogP contribution in [0.25, 0.3) is 10.9 Å². The van der Waals surface area contributed by atoms with E-state index in [-0.39, 0.29) is 17.9 Å². The molecule has 0 spiro atoms. The zero-order valence-electron chi connectivity index (χ0n) is 17.1. The Hall–Kier alpha value is -1.90. The van der Waals surface area contributed by atoms with Gasteiger partial charge in [-0.3, -0.25) is 4.79 Å². The number of carbonyl (C=O) groups excluding carboxylic acids is 1. The molecule has 1 aromatic heterocycles. The van der Waals surface area contributed by atoms with Crippen LogP contribution in [0.5, 0.6) is 0 Å². The maximum absolute atomic E-state index is 12.7. The van der Waals surface area contributed by atoms with Crippen molar-refractivity contribution < 1.29 is 13.2 Å². The van der Waals surface area contributed by atoms with Crippen LogP contribution in [0.15, 0.2) is 30.5 Å². The fourth-order valence-corrected chi connectivity index (χ4v) is 4.87. The van der Waals surface area contributed by atoms with Gasteiger partial charge in [0.05, 0.1) is 12.3 Å². The predicted octanol–water partition coefficient (Wildman–Crippen LogP) is 1.57. The Morgan fingerprint density at radius 2 is 1.89 bits per heavy atom. The van der Waals surface area contributed by atoms with Crippen LogP contribution in [0.1, 0.15) is 24.4 Å². The number of amides is 1. The summed E-state index contributed by atoms with van der Waals surface area (Å²) in [6, 6.07) is 8.34. The summed E-state index contributed by atoms with van der Waals surface area (Å²) in [7, 11) is 2.89. The summed E-state index contributed by atoms with van der Waals surface area (Å²) in [6.07, 6.45) is 4.49. The molecule has 1 aliphatic heterocycles. The van der Waals surface area contributed by atoms with Crippen LogP contribution in [0.2, 0.25) is 0 Å². The molecule has 1 atom stereocenters. The number of nitrogens with zero attached hydrogens (tertiary/aromatic N) is 3. The number of carbonyl (C=O) groups is 1. The first-order valence-corrected chi connectivity index (χ1v) is 11.5. The van der Waals surface area contributed by atoms with Gasteiger partial charge in [0.15, 0.2) is 0 Å². The van der Waals surface area contributed by atoms with Crippen molar-refractivity contribution in [2.24, 2.45) is 13.0 Å². The van der Waals surface area contributed by atoms with E-state index in [1.54, 1.807) is 0 Å². The van der Waals surface area contributed by atoms with Gasteiger partial charge in [-0.25, -0.2) is 12.7 Å². The molecule has 1 N–H and O–H groups in total. The van der Waals surface area contributed by atoms with Gasteiger partial charge in [-0.15, -0.1) is 0 Å². The van der Waals surface area contributed by atoms with E-state index < -0.39 is 10.0 Å². The Bertz CT molecular complexity index is 944. The van der Waals surface area contributed by atoms with Gasteiger partial charge >= 0.3 is 0 Å². The second kappa shape index (κ2) is 8.23. The molecule has 0 saturated carbocycles. The molecule has 1 fully saturated rings. The maximum atomic E-state index is 12.7. The minimum Gasteiger partial charge on any atom is -0.354 e. The van der Waals surface area contributed by atoms with Gasteiger partial charge in [0.25, 0.3) is 0 Å². The van der Waals surface area contributed by atoms with Crippen molar-refractivity contribution in [3.8, 4) is 0 Å². The Labute approximate surface area is 167 Å². The third-order valence-corrected chi connectivity index (χ3v) is 6.98. The lowest BCUT2D eigenvalue weighted by atomic mass is 9.97. The molecule has 28 heavy (non-hydrogen) atoms. The second-order valence-corrected chi connectivity index (χ2v) is 9.86. The minimum atomic E-state index is -3.17. The van der Waals surface area contributed by atoms with E-state index >= 15 is 0 Å². The van der Waals surface area contributed by atoms with E-state index in [1.807, 2.05) is 33.3 Å². The highest BCUT2D eigenvalue weighted by Gasteiger charge is 2.29. The van der Waals surface area contributed by atoms with E-state index in [0.717, 1.165) is 0 Å². The number of aromatic nitrogens is 1. The van der Waals surface area contributed by atoms with Crippen molar-refractivity contribution in [2.75, 3.05) is 40.0 Å². The number of aryl methyl sites for hydroxylation is 1. The van der Waals surface area contributed by atoms with Crippen molar-refractivity contribution in [1.29, 1.82) is 0 Å². The minimum absolute atomic E-state index is 0.0141. The maximum Gasteiger partial charge on any atom is 0.223 e. The number of benzene rings is 1. The number of hydrogen-bond acceptors (Lipinski definition) is 4. The van der Waals surface area contributed by atoms with Crippen molar-refractivity contribution in [1.82, 2.24) is 19.1 Å². The molecular formula is C20H30N4O3S. The van der Waals surface area contributed by atoms with Crippen LogP contribution in [-0.2, 0) is 21.9 Å². The Morgan fingerprint density at radius 3 is 2.50 bits per heavy atom. The number of fused-ring (bicyclic) bond motifs is 1. The van der Waals surface area contributed by atoms with Gasteiger partial charge in [0.2, 0.25) is 15.9 Å². The molecule has 8 heteroatoms. The standard InChI is InChI=1S/C20H30N4O3S/c1-22(2)19(17-14-23(3)18-8-6-5-7-16(17)18)13-21-20(25)15-9-11-24(12-10-15)28(4,26)27/h5-8,14-15,19H,9-13H2,1-4H3,(H,21,25)/t19-/m1/s1. The monoisotopic (exact) mass is 406 g/mol. The third kappa shape index (κ3) is 4.39. The summed E-state index contributed by atoms with van der Waals surface area (Å²) >= 11 is 0. The fraction of sp³-hybridized carbons (Fsp3) is 0.550. The van der Waals surface area contributed by atoms with Crippen molar-refractivity contribution >= 4 is 26.8 Å². The van der Waals surface area contributed by atoms with E-state index in [0.29, 0.717) is 32.5 Å². The Kier molecular flexibility index (Phi) is 6.12. The lowest BCUT2D eigenvalue weighted by Crippen LogP contribution is -2.44. The van der Waals surface area contributed by atoms with Gasteiger partial charge < -0.3 is 14.8 Å². The van der Waals surface area contributed by atoms with Crippen LogP contribution >= 0.6 is 0 Å². The van der Waals surface area contributed by atoms with Gasteiger partial charge in [-0.05, 0) is 38.6 Å². The lowest BCUT2D eigenvalue weighted by Gasteiger charge is -2.30. The number of para-hydroxylation sites is 1. The topological polar surface area (TPSA) is 74.7 Å². The summed E-state index contributed by atoms with van der Waals surface area (Å²) in [5.74, 6) is -0.117. The molecule has 0 aliphatic carbocycles. The van der Waals surface area contributed by atoms with E-state index in [9.17, 15) is 13.2 Å². The molecule has 0 bridgehead atoms. The molecule has 1 amide bonds. The first kappa shape index (κ1) is 20.8. The van der Waals surface area contributed by atoms with E-state index in [2.05, 4.69) is 33.1 Å². The second-order valence-electron chi connectivity index (χ2n) is 7.87. The molecule has 1 aromatic carbocycles. The number of piperidine rings is 1. The van der Waals surface area contributed by atoms with Crippen molar-refractivity contribution in [3.05, 3.63) is 36.0 Å². The van der Waals surface area contributed by atoms with Crippen LogP contribution in [0.4, 0.5) is 0 Å². The molecule has 154 valence electrons. The van der Waals surface area contributed by atoms with Crippen LogP contribution < -0.4 is 5.32 Å². The zero-order chi connectivity index (χ0) is 20.5. The molecule has 2 aromatic rings. The third-order valence-electron chi connectivity index (χ3n) is 5.67. The van der Waals surface area contributed by atoms with Crippen molar-refractivity contribution in [2.45, 2.75) is 18.9 Å². The Balaban J connectivity index is 1.67. The lowest BCUT2D eigenvalue weighted by molar-refractivity contribution is -0.126. The first-order chi connectivity index (χ1) is 13.2. The summed E-state index contributed by atoms with van der Waals surface area (Å²) in [6.45, 7) is 1.35. The predicted molar refractivity (Wildman–Crippen MR) is 111 cm³/mol. The molecule has 2 heterocycles. The quantitative estimate of drug-likeness (QED) is 0.790. The molecule has 0 unspecified atom stereocenters. The van der Waals surface area contributed by atoms with Crippen LogP contribution in [0.3, 0.4) is 0 Å². The number of hydrogen-bond donors (Lipinski definition) is 1. The number of sulfonamides is 1. The summed E-state index contributed by atoms with van der Waals surface area (Å²) in [5, 5.41) is 4.30. The molecule has 1 saturated heterocycles. The summed E-state index contributed by atoms with van der Waals surface area (Å²) in [4.78, 5) is 14.8. The number of nitrogens with one attached hydrogen (secondary N) is 1. The average Bonchev–Trinajstić information content (AvgIpc) is 2.98. The summed E-state index contributed by atoms with van der Waals surface area (Å²) < 4.78 is 26.8. The van der Waals surface area contributed by atoms with Gasteiger partial charge in [-0.2, -0.15) is 0 Å². The number of likely N-dealkylation sites (N-methyl/N-ethyl adjacent to an activating group) is 1. The fourth-order valence-electron chi connectivity index (χ4n) is 4.00. The first-order valence-electron chi connectivity index (χ1n) is 9.61. The highest BCUT2D eigenvalue weighted by Crippen LogP contribution is 2.28. The highest BCUT2D eigenvalue weighted by molar-refractivity contribution is 7.88. The smallest absolute Gasteiger partial charge is 0.223 e. The number of rotatable bonds is 6. The summed E-state index contributed by atoms with van der Waals surface area (Å²) in [5.41, 5.74) is 2.36. The SMILES string of the molecule is CN(C)[C@H](CNC(=O)C1CCN(S(C)(=O)=O)CC1)c1cn(C)c2ccccc12. The average molecular weight is 407 g/mol. The largest absolute Gasteiger partial charge is 0.354 e. The zero-order valence-corrected chi connectivity index (χ0v) is 17.9. The Morgan fingerprint density at radius 1 is 1.25 bits per heavy atom. The molecular weight excluding hydrogens is 376 g/mol. The van der Waals surface area contributed by atoms with Gasteiger partial charge in [0, 0.05) is 49.7 Å². The highest BCUT2D eigenvalue weighted by atomic mass is 32.2. The molecule has 0 radical (unpaired) electrons. The molecule has 1 aliphatic rings. The molecule has 3 rings (SSSR count). The van der Waals surface area contributed by atoms with Crippen LogP contribution in [0, 0.1) is 5.92 Å². The van der Waals surface area contributed by atoms with Gasteiger partial charge in [0.1, 0.15) is 0 Å².